The van der Waals surface area contributed by atoms with E-state index in [1.807, 2.05) is 26.0 Å². The van der Waals surface area contributed by atoms with Crippen LogP contribution >= 0.6 is 31.9 Å². The molecule has 11 nitrogen and oxygen atoms in total. The van der Waals surface area contributed by atoms with Gasteiger partial charge in [0.1, 0.15) is 11.3 Å². The molecule has 13 heteroatoms. The van der Waals surface area contributed by atoms with Gasteiger partial charge in [0.2, 0.25) is 0 Å². The zero-order valence-corrected chi connectivity index (χ0v) is 24.2. The van der Waals surface area contributed by atoms with Crippen molar-refractivity contribution in [2.75, 3.05) is 16.8 Å². The van der Waals surface area contributed by atoms with E-state index in [2.05, 4.69) is 42.5 Å². The lowest BCUT2D eigenvalue weighted by atomic mass is 10.1. The van der Waals surface area contributed by atoms with Gasteiger partial charge in [-0.2, -0.15) is 0 Å². The summed E-state index contributed by atoms with van der Waals surface area (Å²) in [6, 6.07) is 12.4. The topological polar surface area (TPSA) is 148 Å². The smallest absolute Gasteiger partial charge is 0.335 e. The Morgan fingerprint density at radius 2 is 1.75 bits per heavy atom. The zero-order valence-electron chi connectivity index (χ0n) is 21.0. The molecule has 0 spiro atoms. The van der Waals surface area contributed by atoms with E-state index in [0.717, 1.165) is 23.3 Å². The minimum absolute atomic E-state index is 0.0291. The van der Waals surface area contributed by atoms with Gasteiger partial charge in [-0.25, -0.2) is 9.69 Å². The van der Waals surface area contributed by atoms with Gasteiger partial charge in [0, 0.05) is 27.9 Å². The van der Waals surface area contributed by atoms with Crippen LogP contribution in [0.4, 0.5) is 21.9 Å². The first kappa shape index (κ1) is 28.6. The molecule has 1 aliphatic heterocycles. The first-order valence-corrected chi connectivity index (χ1v) is 13.2. The van der Waals surface area contributed by atoms with Gasteiger partial charge in [0.25, 0.3) is 23.4 Å². The van der Waals surface area contributed by atoms with Crippen LogP contribution in [0.15, 0.2) is 69.1 Å². The highest BCUT2D eigenvalue weighted by molar-refractivity contribution is 9.11. The molecule has 3 aromatic rings. The van der Waals surface area contributed by atoms with Crippen LogP contribution < -0.4 is 20.3 Å². The third-order valence-corrected chi connectivity index (χ3v) is 6.94. The number of nitro benzene ring substituents is 1. The van der Waals surface area contributed by atoms with Gasteiger partial charge in [-0.05, 0) is 83.4 Å². The van der Waals surface area contributed by atoms with Crippen LogP contribution in [-0.4, -0.2) is 35.3 Å². The number of anilines is 2. The lowest BCUT2D eigenvalue weighted by molar-refractivity contribution is -0.384. The molecular weight excluding hydrogens is 652 g/mol. The third kappa shape index (κ3) is 6.26. The van der Waals surface area contributed by atoms with E-state index in [1.54, 1.807) is 18.2 Å². The average Bonchev–Trinajstić information content (AvgIpc) is 2.88. The first-order valence-electron chi connectivity index (χ1n) is 11.6. The van der Waals surface area contributed by atoms with Crippen molar-refractivity contribution in [3.63, 3.8) is 0 Å². The molecule has 4 rings (SSSR count). The largest absolute Gasteiger partial charge is 0.482 e. The van der Waals surface area contributed by atoms with Crippen LogP contribution in [0.25, 0.3) is 6.08 Å². The van der Waals surface area contributed by atoms with E-state index in [4.69, 9.17) is 4.74 Å². The van der Waals surface area contributed by atoms with E-state index in [0.29, 0.717) is 19.5 Å². The number of hydrogen-bond acceptors (Lipinski definition) is 7. The molecule has 0 unspecified atom stereocenters. The highest BCUT2D eigenvalue weighted by Crippen LogP contribution is 2.35. The molecule has 1 heterocycles. The molecular formula is C27H20Br2N4O7. The summed E-state index contributed by atoms with van der Waals surface area (Å²) in [5.41, 5.74) is 2.36. The predicted molar refractivity (Wildman–Crippen MR) is 154 cm³/mol. The second kappa shape index (κ2) is 11.8. The Morgan fingerprint density at radius 3 is 2.40 bits per heavy atom. The lowest BCUT2D eigenvalue weighted by Crippen LogP contribution is -2.54. The number of halogens is 2. The molecule has 0 saturated carbocycles. The van der Waals surface area contributed by atoms with Crippen molar-refractivity contribution in [3.8, 4) is 5.75 Å². The van der Waals surface area contributed by atoms with Crippen molar-refractivity contribution in [3.05, 3.63) is 95.9 Å². The average molecular weight is 672 g/mol. The van der Waals surface area contributed by atoms with Gasteiger partial charge in [-0.3, -0.25) is 29.8 Å². The molecule has 0 radical (unpaired) electrons. The van der Waals surface area contributed by atoms with Crippen molar-refractivity contribution in [2.24, 2.45) is 0 Å². The molecule has 0 bridgehead atoms. The monoisotopic (exact) mass is 670 g/mol. The van der Waals surface area contributed by atoms with E-state index in [-0.39, 0.29) is 29.3 Å². The van der Waals surface area contributed by atoms with E-state index in [1.165, 1.54) is 18.2 Å². The van der Waals surface area contributed by atoms with Crippen molar-refractivity contribution in [2.45, 2.75) is 13.8 Å². The maximum atomic E-state index is 13.3. The molecule has 2 N–H and O–H groups in total. The molecule has 40 heavy (non-hydrogen) atoms. The summed E-state index contributed by atoms with van der Waals surface area (Å²) in [5, 5.41) is 15.8. The number of non-ortho nitro benzene ring substituents is 1. The quantitative estimate of drug-likeness (QED) is 0.147. The predicted octanol–water partition coefficient (Wildman–Crippen LogP) is 5.42. The summed E-state index contributed by atoms with van der Waals surface area (Å²) in [6.45, 7) is 3.51. The highest BCUT2D eigenvalue weighted by atomic mass is 79.9. The highest BCUT2D eigenvalue weighted by Gasteiger charge is 2.37. The standard InChI is InChI=1S/C27H20Br2N4O7/c1-14-3-4-18(9-15(14)2)30-23(34)13-40-24-16(10-17(28)12-22(24)29)11-21-25(35)31-27(37)32(26(21)36)19-5-7-20(8-6-19)33(38)39/h3-12H,13H2,1-2H3,(H,30,34)(H,31,35,37)/b21-11-. The molecule has 0 aliphatic carbocycles. The van der Waals surface area contributed by atoms with Crippen molar-refractivity contribution in [1.29, 1.82) is 0 Å². The maximum absolute atomic E-state index is 13.3. The van der Waals surface area contributed by atoms with E-state index < -0.39 is 34.2 Å². The molecule has 1 saturated heterocycles. The number of nitrogens with one attached hydrogen (secondary N) is 2. The second-order valence-electron chi connectivity index (χ2n) is 8.67. The molecule has 0 atom stereocenters. The fraction of sp³-hybridized carbons (Fsp3) is 0.111. The van der Waals surface area contributed by atoms with Gasteiger partial charge in [0.15, 0.2) is 6.61 Å². The number of hydrogen-bond donors (Lipinski definition) is 2. The summed E-state index contributed by atoms with van der Waals surface area (Å²) >= 11 is 6.74. The summed E-state index contributed by atoms with van der Waals surface area (Å²) in [5.74, 6) is -2.15. The van der Waals surface area contributed by atoms with Crippen LogP contribution in [0.5, 0.6) is 5.75 Å². The van der Waals surface area contributed by atoms with Crippen LogP contribution in [0.2, 0.25) is 0 Å². The Labute approximate surface area is 244 Å². The van der Waals surface area contributed by atoms with E-state index >= 15 is 0 Å². The Morgan fingerprint density at radius 1 is 1.05 bits per heavy atom. The summed E-state index contributed by atoms with van der Waals surface area (Å²) in [6.07, 6.45) is 1.23. The van der Waals surface area contributed by atoms with Crippen molar-refractivity contribution >= 4 is 78.8 Å². The van der Waals surface area contributed by atoms with Gasteiger partial charge in [0.05, 0.1) is 15.1 Å². The molecule has 1 fully saturated rings. The second-order valence-corrected chi connectivity index (χ2v) is 10.4. The summed E-state index contributed by atoms with van der Waals surface area (Å²) in [7, 11) is 0. The minimum atomic E-state index is -1.00. The number of carbonyl (C=O) groups excluding carboxylic acids is 4. The fourth-order valence-electron chi connectivity index (χ4n) is 3.76. The molecule has 204 valence electrons. The molecule has 3 aromatic carbocycles. The Hall–Kier alpha value is -4.36. The fourth-order valence-corrected chi connectivity index (χ4v) is 5.14. The molecule has 1 aliphatic rings. The van der Waals surface area contributed by atoms with E-state index in [9.17, 15) is 29.3 Å². The number of aryl methyl sites for hydroxylation is 2. The van der Waals surface area contributed by atoms with Crippen LogP contribution in [0.3, 0.4) is 0 Å². The van der Waals surface area contributed by atoms with Crippen LogP contribution in [0.1, 0.15) is 16.7 Å². The number of imide groups is 2. The van der Waals surface area contributed by atoms with Crippen molar-refractivity contribution < 1.29 is 28.8 Å². The zero-order chi connectivity index (χ0) is 29.1. The number of carbonyl (C=O) groups is 4. The van der Waals surface area contributed by atoms with Gasteiger partial charge >= 0.3 is 6.03 Å². The van der Waals surface area contributed by atoms with Gasteiger partial charge in [-0.1, -0.05) is 22.0 Å². The summed E-state index contributed by atoms with van der Waals surface area (Å²) < 4.78 is 6.78. The SMILES string of the molecule is Cc1ccc(NC(=O)COc2c(Br)cc(Br)cc2/C=C2/C(=O)NC(=O)N(c3ccc([N+](=O)[O-])cc3)C2=O)cc1C. The third-order valence-electron chi connectivity index (χ3n) is 5.90. The molecule has 0 aromatic heterocycles. The number of benzene rings is 3. The Kier molecular flexibility index (Phi) is 8.45. The number of barbiturate groups is 1. The lowest BCUT2D eigenvalue weighted by Gasteiger charge is -2.26. The summed E-state index contributed by atoms with van der Waals surface area (Å²) in [4.78, 5) is 62.1. The molecule has 5 amide bonds. The van der Waals surface area contributed by atoms with Crippen molar-refractivity contribution in [1.82, 2.24) is 5.32 Å². The Balaban J connectivity index is 1.61. The Bertz CT molecular complexity index is 1600. The first-order chi connectivity index (χ1) is 18.9. The number of ether oxygens (including phenoxy) is 1. The van der Waals surface area contributed by atoms with Gasteiger partial charge in [-0.15, -0.1) is 0 Å². The number of amides is 5. The van der Waals surface area contributed by atoms with Gasteiger partial charge < -0.3 is 10.1 Å². The normalized spacial score (nSPS) is 14.2. The van der Waals surface area contributed by atoms with Crippen LogP contribution in [-0.2, 0) is 14.4 Å². The number of nitro groups is 1. The minimum Gasteiger partial charge on any atom is -0.482 e. The maximum Gasteiger partial charge on any atom is 0.335 e. The number of nitrogens with zero attached hydrogens (tertiary/aromatic N) is 2. The van der Waals surface area contributed by atoms with Crippen LogP contribution in [0, 0.1) is 24.0 Å². The number of rotatable bonds is 7. The number of urea groups is 1.